The summed E-state index contributed by atoms with van der Waals surface area (Å²) in [5.41, 5.74) is 0.292. The second-order valence-corrected chi connectivity index (χ2v) is 3.95. The Hall–Kier alpha value is -1.32. The van der Waals surface area contributed by atoms with Crippen LogP contribution in [0.5, 0.6) is 0 Å². The third-order valence-electron chi connectivity index (χ3n) is 2.41. The maximum atomic E-state index is 11.2. The zero-order chi connectivity index (χ0) is 13.1. The van der Waals surface area contributed by atoms with Crippen LogP contribution in [0, 0.1) is 0 Å². The van der Waals surface area contributed by atoms with Gasteiger partial charge in [0.2, 0.25) is 0 Å². The summed E-state index contributed by atoms with van der Waals surface area (Å²) in [5.74, 6) is -1.18. The highest BCUT2D eigenvalue weighted by Gasteiger charge is 2.11. The van der Waals surface area contributed by atoms with Crippen molar-refractivity contribution in [3.05, 3.63) is 12.2 Å². The van der Waals surface area contributed by atoms with E-state index in [2.05, 4.69) is 23.3 Å². The van der Waals surface area contributed by atoms with Crippen LogP contribution in [0.1, 0.15) is 58.8 Å². The number of unbranched alkanes of at least 4 members (excludes halogenated alkanes) is 4. The second-order valence-electron chi connectivity index (χ2n) is 3.95. The van der Waals surface area contributed by atoms with Gasteiger partial charge in [-0.15, -0.1) is 0 Å². The van der Waals surface area contributed by atoms with Crippen LogP contribution in [-0.2, 0) is 19.4 Å². The van der Waals surface area contributed by atoms with Gasteiger partial charge in [0.25, 0.3) is 0 Å². The van der Waals surface area contributed by atoms with E-state index in [9.17, 15) is 9.59 Å². The van der Waals surface area contributed by atoms with E-state index < -0.39 is 11.9 Å². The molecule has 0 fully saturated rings. The van der Waals surface area contributed by atoms with Crippen LogP contribution in [0.3, 0.4) is 0 Å². The zero-order valence-electron chi connectivity index (χ0n) is 10.8. The normalized spacial score (nSPS) is 9.76. The van der Waals surface area contributed by atoms with Gasteiger partial charge in [-0.1, -0.05) is 46.1 Å². The molecule has 0 aliphatic rings. The standard InChI is InChI=1S/C13H22O4/c1-4-6-7-8-9-10-12(14)16-17-13(15)11(3)5-2/h3-10H2,1-2H3. The van der Waals surface area contributed by atoms with E-state index in [-0.39, 0.29) is 6.42 Å². The first kappa shape index (κ1) is 15.7. The van der Waals surface area contributed by atoms with Crippen molar-refractivity contribution in [3.8, 4) is 0 Å². The van der Waals surface area contributed by atoms with E-state index >= 15 is 0 Å². The first-order chi connectivity index (χ1) is 8.11. The molecule has 0 heterocycles. The van der Waals surface area contributed by atoms with Crippen LogP contribution >= 0.6 is 0 Å². The van der Waals surface area contributed by atoms with Gasteiger partial charge >= 0.3 is 11.9 Å². The molecule has 0 radical (unpaired) electrons. The van der Waals surface area contributed by atoms with Gasteiger partial charge in [-0.25, -0.2) is 19.4 Å². The van der Waals surface area contributed by atoms with Gasteiger partial charge in [0.15, 0.2) is 0 Å². The lowest BCUT2D eigenvalue weighted by molar-refractivity contribution is -0.255. The summed E-state index contributed by atoms with van der Waals surface area (Å²) < 4.78 is 0. The first-order valence-corrected chi connectivity index (χ1v) is 6.21. The molecule has 0 aromatic rings. The molecule has 0 saturated heterocycles. The predicted molar refractivity (Wildman–Crippen MR) is 65.0 cm³/mol. The van der Waals surface area contributed by atoms with E-state index in [0.29, 0.717) is 12.0 Å². The fourth-order valence-corrected chi connectivity index (χ4v) is 1.20. The number of hydrogen-bond donors (Lipinski definition) is 0. The Balaban J connectivity index is 3.53. The molecule has 0 rings (SSSR count). The Labute approximate surface area is 103 Å². The monoisotopic (exact) mass is 242 g/mol. The Kier molecular flexibility index (Phi) is 9.11. The lowest BCUT2D eigenvalue weighted by Gasteiger charge is -2.03. The summed E-state index contributed by atoms with van der Waals surface area (Å²) >= 11 is 0. The first-order valence-electron chi connectivity index (χ1n) is 6.21. The SMILES string of the molecule is C=C(CC)C(=O)OOC(=O)CCCCCCC. The van der Waals surface area contributed by atoms with Gasteiger partial charge in [-0.3, -0.25) is 0 Å². The maximum Gasteiger partial charge on any atom is 0.381 e. The molecule has 0 aliphatic heterocycles. The van der Waals surface area contributed by atoms with Crippen molar-refractivity contribution < 1.29 is 19.4 Å². The number of carbonyl (C=O) groups is 2. The molecule has 0 amide bonds. The second kappa shape index (κ2) is 9.87. The number of hydrogen-bond acceptors (Lipinski definition) is 4. The summed E-state index contributed by atoms with van der Waals surface area (Å²) in [6.07, 6.45) is 6.00. The maximum absolute atomic E-state index is 11.2. The van der Waals surface area contributed by atoms with Crippen molar-refractivity contribution in [3.63, 3.8) is 0 Å². The summed E-state index contributed by atoms with van der Waals surface area (Å²) in [5, 5.41) is 0. The highest BCUT2D eigenvalue weighted by atomic mass is 17.2. The molecular weight excluding hydrogens is 220 g/mol. The minimum absolute atomic E-state index is 0.287. The average molecular weight is 242 g/mol. The Morgan fingerprint density at radius 3 is 2.24 bits per heavy atom. The van der Waals surface area contributed by atoms with Crippen LogP contribution in [0.15, 0.2) is 12.2 Å². The summed E-state index contributed by atoms with van der Waals surface area (Å²) in [6, 6.07) is 0. The van der Waals surface area contributed by atoms with Gasteiger partial charge in [0.1, 0.15) is 0 Å². The minimum atomic E-state index is -0.674. The number of rotatable bonds is 8. The third-order valence-corrected chi connectivity index (χ3v) is 2.41. The molecule has 0 bridgehead atoms. The summed E-state index contributed by atoms with van der Waals surface area (Å²) in [6.45, 7) is 7.39. The van der Waals surface area contributed by atoms with E-state index in [1.165, 1.54) is 12.8 Å². The molecule has 0 saturated carbocycles. The molecule has 98 valence electrons. The number of carbonyl (C=O) groups excluding carboxylic acids is 2. The molecule has 0 spiro atoms. The lowest BCUT2D eigenvalue weighted by atomic mass is 10.1. The largest absolute Gasteiger partial charge is 0.381 e. The molecular formula is C13H22O4. The third kappa shape index (κ3) is 8.48. The molecule has 0 aromatic heterocycles. The van der Waals surface area contributed by atoms with Crippen LogP contribution < -0.4 is 0 Å². The fourth-order valence-electron chi connectivity index (χ4n) is 1.20. The van der Waals surface area contributed by atoms with Crippen molar-refractivity contribution in [2.45, 2.75) is 58.8 Å². The smallest absolute Gasteiger partial charge is 0.247 e. The van der Waals surface area contributed by atoms with E-state index in [0.717, 1.165) is 19.3 Å². The molecule has 4 heteroatoms. The summed E-state index contributed by atoms with van der Waals surface area (Å²) in [7, 11) is 0. The molecule has 17 heavy (non-hydrogen) atoms. The quantitative estimate of drug-likeness (QED) is 0.283. The van der Waals surface area contributed by atoms with E-state index in [1.807, 2.05) is 0 Å². The van der Waals surface area contributed by atoms with Gasteiger partial charge < -0.3 is 0 Å². The molecule has 0 N–H and O–H groups in total. The average Bonchev–Trinajstić information content (AvgIpc) is 2.34. The van der Waals surface area contributed by atoms with Crippen LogP contribution in [0.2, 0.25) is 0 Å². The molecule has 0 aromatic carbocycles. The molecule has 4 nitrogen and oxygen atoms in total. The molecule has 0 unspecified atom stereocenters. The highest BCUT2D eigenvalue weighted by Crippen LogP contribution is 2.06. The van der Waals surface area contributed by atoms with E-state index in [4.69, 9.17) is 0 Å². The lowest BCUT2D eigenvalue weighted by Crippen LogP contribution is -2.12. The van der Waals surface area contributed by atoms with Gasteiger partial charge in [-0.05, 0) is 12.8 Å². The van der Waals surface area contributed by atoms with Gasteiger partial charge in [0, 0.05) is 5.57 Å². The topological polar surface area (TPSA) is 52.6 Å². The highest BCUT2D eigenvalue weighted by molar-refractivity contribution is 5.87. The fraction of sp³-hybridized carbons (Fsp3) is 0.692. The van der Waals surface area contributed by atoms with Gasteiger partial charge in [-0.2, -0.15) is 0 Å². The summed E-state index contributed by atoms with van der Waals surface area (Å²) in [4.78, 5) is 31.0. The van der Waals surface area contributed by atoms with Crippen molar-refractivity contribution >= 4 is 11.9 Å². The van der Waals surface area contributed by atoms with Gasteiger partial charge in [0.05, 0.1) is 6.42 Å². The van der Waals surface area contributed by atoms with Crippen LogP contribution in [0.25, 0.3) is 0 Å². The van der Waals surface area contributed by atoms with Crippen LogP contribution in [0.4, 0.5) is 0 Å². The zero-order valence-corrected chi connectivity index (χ0v) is 10.8. The van der Waals surface area contributed by atoms with Crippen molar-refractivity contribution in [1.29, 1.82) is 0 Å². The van der Waals surface area contributed by atoms with Crippen molar-refractivity contribution in [1.82, 2.24) is 0 Å². The van der Waals surface area contributed by atoms with Crippen molar-refractivity contribution in [2.75, 3.05) is 0 Å². The van der Waals surface area contributed by atoms with E-state index in [1.54, 1.807) is 6.92 Å². The molecule has 0 atom stereocenters. The van der Waals surface area contributed by atoms with Crippen LogP contribution in [-0.4, -0.2) is 11.9 Å². The minimum Gasteiger partial charge on any atom is -0.247 e. The Bertz CT molecular complexity index is 258. The molecule has 0 aliphatic carbocycles. The van der Waals surface area contributed by atoms with Crippen molar-refractivity contribution in [2.24, 2.45) is 0 Å². The Morgan fingerprint density at radius 2 is 1.65 bits per heavy atom. The Morgan fingerprint density at radius 1 is 1.00 bits per heavy atom. The predicted octanol–water partition coefficient (Wildman–Crippen LogP) is 3.31.